The third-order valence-corrected chi connectivity index (χ3v) is 5.92. The summed E-state index contributed by atoms with van der Waals surface area (Å²) in [5.41, 5.74) is 1.39. The first-order valence-electron chi connectivity index (χ1n) is 8.72. The molecule has 2 unspecified atom stereocenters. The molecule has 1 fully saturated rings. The zero-order valence-electron chi connectivity index (χ0n) is 14.6. The first-order valence-corrected chi connectivity index (χ1v) is 10.0. The molecular weight excluding hydrogens is 330 g/mol. The Kier molecular flexibility index (Phi) is 6.23. The Morgan fingerprint density at radius 3 is 2.52 bits per heavy atom. The highest BCUT2D eigenvalue weighted by atomic mass is 32.2. The first kappa shape index (κ1) is 17.7. The van der Waals surface area contributed by atoms with Gasteiger partial charge in [0, 0.05) is 43.2 Å². The topological polar surface area (TPSA) is 44.7 Å². The smallest absolute Gasteiger partial charge is 0.193 e. The minimum Gasteiger partial charge on any atom is -0.355 e. The highest BCUT2D eigenvalue weighted by Crippen LogP contribution is 2.26. The average molecular weight is 356 g/mol. The Morgan fingerprint density at radius 2 is 1.84 bits per heavy atom. The summed E-state index contributed by atoms with van der Waals surface area (Å²) in [4.78, 5) is 7.57. The van der Waals surface area contributed by atoms with Gasteiger partial charge in [-0.3, -0.25) is 9.20 Å². The van der Waals surface area contributed by atoms with Crippen molar-refractivity contribution in [1.29, 1.82) is 0 Å². The van der Waals surface area contributed by atoms with Gasteiger partial charge in [0.1, 0.15) is 0 Å². The molecule has 0 bridgehead atoms. The lowest BCUT2D eigenvalue weighted by molar-refractivity contribution is 0.488. The van der Waals surface area contributed by atoms with Gasteiger partial charge in [0.05, 0.1) is 10.8 Å². The summed E-state index contributed by atoms with van der Waals surface area (Å²) in [5, 5.41) is 3.37. The number of hydrogen-bond acceptors (Lipinski definition) is 2. The Hall–Kier alpha value is -2.14. The molecule has 5 heteroatoms. The largest absolute Gasteiger partial charge is 0.355 e. The van der Waals surface area contributed by atoms with Crippen molar-refractivity contribution in [2.45, 2.75) is 17.2 Å². The van der Waals surface area contributed by atoms with Gasteiger partial charge in [-0.1, -0.05) is 48.5 Å². The molecular formula is C20H25N3OS. The van der Waals surface area contributed by atoms with E-state index in [2.05, 4.69) is 45.5 Å². The Balaban J connectivity index is 1.49. The second kappa shape index (κ2) is 8.81. The number of guanidine groups is 1. The molecule has 0 saturated carbocycles. The van der Waals surface area contributed by atoms with E-state index in [1.165, 1.54) is 5.56 Å². The van der Waals surface area contributed by atoms with Crippen LogP contribution in [0.4, 0.5) is 0 Å². The molecule has 1 N–H and O–H groups in total. The van der Waals surface area contributed by atoms with Crippen LogP contribution in [0.1, 0.15) is 17.9 Å². The monoisotopic (exact) mass is 355 g/mol. The molecule has 2 aromatic carbocycles. The van der Waals surface area contributed by atoms with Crippen molar-refractivity contribution in [3.05, 3.63) is 66.2 Å². The molecule has 1 saturated heterocycles. The molecule has 132 valence electrons. The van der Waals surface area contributed by atoms with Crippen LogP contribution < -0.4 is 5.32 Å². The Morgan fingerprint density at radius 1 is 1.16 bits per heavy atom. The molecule has 0 radical (unpaired) electrons. The average Bonchev–Trinajstić information content (AvgIpc) is 3.16. The van der Waals surface area contributed by atoms with Gasteiger partial charge >= 0.3 is 0 Å². The van der Waals surface area contributed by atoms with Gasteiger partial charge in [-0.15, -0.1) is 0 Å². The van der Waals surface area contributed by atoms with Crippen molar-refractivity contribution >= 4 is 16.8 Å². The predicted molar refractivity (Wildman–Crippen MR) is 104 cm³/mol. The van der Waals surface area contributed by atoms with Crippen molar-refractivity contribution in [3.63, 3.8) is 0 Å². The van der Waals surface area contributed by atoms with E-state index in [0.29, 0.717) is 18.2 Å². The van der Waals surface area contributed by atoms with Crippen molar-refractivity contribution in [3.8, 4) is 0 Å². The lowest BCUT2D eigenvalue weighted by Gasteiger charge is -2.21. The van der Waals surface area contributed by atoms with Crippen molar-refractivity contribution < 1.29 is 4.21 Å². The highest BCUT2D eigenvalue weighted by molar-refractivity contribution is 7.85. The van der Waals surface area contributed by atoms with E-state index < -0.39 is 10.8 Å². The lowest BCUT2D eigenvalue weighted by Crippen LogP contribution is -2.41. The fraction of sp³-hybridized carbons (Fsp3) is 0.350. The standard InChI is InChI=1S/C20H25N3OS/c1-21-20(22-13-15-25(24)19-10-6-3-7-11-19)23-14-12-18(16-23)17-8-4-2-5-9-17/h2-11,18H,12-16H2,1H3,(H,21,22). The van der Waals surface area contributed by atoms with E-state index in [-0.39, 0.29) is 0 Å². The number of aliphatic imine (C=N–C) groups is 1. The van der Waals surface area contributed by atoms with Crippen LogP contribution in [0.3, 0.4) is 0 Å². The van der Waals surface area contributed by atoms with Gasteiger partial charge in [0.15, 0.2) is 5.96 Å². The molecule has 1 heterocycles. The van der Waals surface area contributed by atoms with Crippen LogP contribution in [0, 0.1) is 0 Å². The van der Waals surface area contributed by atoms with E-state index in [1.807, 2.05) is 37.4 Å². The molecule has 4 nitrogen and oxygen atoms in total. The molecule has 0 aromatic heterocycles. The van der Waals surface area contributed by atoms with Crippen LogP contribution in [0.15, 0.2) is 70.6 Å². The van der Waals surface area contributed by atoms with Gasteiger partial charge in [-0.2, -0.15) is 0 Å². The molecule has 2 aromatic rings. The number of nitrogens with zero attached hydrogens (tertiary/aromatic N) is 2. The third-order valence-electron chi connectivity index (χ3n) is 4.55. The normalized spacial score (nSPS) is 19.0. The van der Waals surface area contributed by atoms with Crippen molar-refractivity contribution in [2.24, 2.45) is 4.99 Å². The van der Waals surface area contributed by atoms with Gasteiger partial charge < -0.3 is 10.2 Å². The van der Waals surface area contributed by atoms with Crippen molar-refractivity contribution in [1.82, 2.24) is 10.2 Å². The van der Waals surface area contributed by atoms with E-state index in [0.717, 1.165) is 30.4 Å². The van der Waals surface area contributed by atoms with Crippen LogP contribution in [-0.2, 0) is 10.8 Å². The second-order valence-corrected chi connectivity index (χ2v) is 7.75. The SMILES string of the molecule is CN=C(NCCS(=O)c1ccccc1)N1CCC(c2ccccc2)C1. The summed E-state index contributed by atoms with van der Waals surface area (Å²) in [6.07, 6.45) is 1.14. The summed E-state index contributed by atoms with van der Waals surface area (Å²) in [5.74, 6) is 2.04. The Labute approximate surface area is 152 Å². The lowest BCUT2D eigenvalue weighted by atomic mass is 9.99. The quantitative estimate of drug-likeness (QED) is 0.663. The summed E-state index contributed by atoms with van der Waals surface area (Å²) in [7, 11) is 0.836. The van der Waals surface area contributed by atoms with Crippen LogP contribution in [0.5, 0.6) is 0 Å². The number of rotatable bonds is 5. The van der Waals surface area contributed by atoms with Gasteiger partial charge in [-0.25, -0.2) is 0 Å². The number of likely N-dealkylation sites (tertiary alicyclic amines) is 1. The summed E-state index contributed by atoms with van der Waals surface area (Å²) < 4.78 is 12.3. The van der Waals surface area contributed by atoms with E-state index in [1.54, 1.807) is 0 Å². The fourth-order valence-corrected chi connectivity index (χ4v) is 4.21. The minimum absolute atomic E-state index is 0.554. The van der Waals surface area contributed by atoms with Gasteiger partial charge in [0.25, 0.3) is 0 Å². The van der Waals surface area contributed by atoms with Crippen LogP contribution >= 0.6 is 0 Å². The molecule has 1 aliphatic heterocycles. The van der Waals surface area contributed by atoms with Gasteiger partial charge in [-0.05, 0) is 24.1 Å². The van der Waals surface area contributed by atoms with Crippen LogP contribution in [0.2, 0.25) is 0 Å². The second-order valence-electron chi connectivity index (χ2n) is 6.18. The number of hydrogen-bond donors (Lipinski definition) is 1. The summed E-state index contributed by atoms with van der Waals surface area (Å²) in [6.45, 7) is 2.63. The first-order chi connectivity index (χ1) is 12.3. The van der Waals surface area contributed by atoms with Gasteiger partial charge in [0.2, 0.25) is 0 Å². The third kappa shape index (κ3) is 4.69. The zero-order chi connectivity index (χ0) is 17.5. The van der Waals surface area contributed by atoms with E-state index in [9.17, 15) is 4.21 Å². The maximum absolute atomic E-state index is 12.3. The molecule has 1 aliphatic rings. The number of nitrogens with one attached hydrogen (secondary N) is 1. The zero-order valence-corrected chi connectivity index (χ0v) is 15.4. The van der Waals surface area contributed by atoms with Crippen LogP contribution in [-0.4, -0.2) is 47.5 Å². The molecule has 0 spiro atoms. The summed E-state index contributed by atoms with van der Waals surface area (Å²) in [6, 6.07) is 20.3. The van der Waals surface area contributed by atoms with E-state index in [4.69, 9.17) is 0 Å². The summed E-state index contributed by atoms with van der Waals surface area (Å²) >= 11 is 0. The molecule has 0 aliphatic carbocycles. The van der Waals surface area contributed by atoms with Crippen LogP contribution in [0.25, 0.3) is 0 Å². The fourth-order valence-electron chi connectivity index (χ4n) is 3.23. The minimum atomic E-state index is -0.976. The molecule has 3 rings (SSSR count). The molecule has 2 atom stereocenters. The highest BCUT2D eigenvalue weighted by Gasteiger charge is 2.25. The number of benzene rings is 2. The molecule has 0 amide bonds. The van der Waals surface area contributed by atoms with Crippen molar-refractivity contribution in [2.75, 3.05) is 32.4 Å². The molecule has 25 heavy (non-hydrogen) atoms. The Bertz CT molecular complexity index is 718. The van der Waals surface area contributed by atoms with E-state index >= 15 is 0 Å². The maximum Gasteiger partial charge on any atom is 0.193 e. The maximum atomic E-state index is 12.3. The predicted octanol–water partition coefficient (Wildman–Crippen LogP) is 2.86.